The van der Waals surface area contributed by atoms with E-state index in [1.54, 1.807) is 47.7 Å². The van der Waals surface area contributed by atoms with Gasteiger partial charge in [0.15, 0.2) is 0 Å². The van der Waals surface area contributed by atoms with E-state index in [0.29, 0.717) is 23.4 Å². The number of halogens is 1. The molecule has 4 rings (SSSR count). The number of benzene rings is 2. The second-order valence-corrected chi connectivity index (χ2v) is 15.5. The third-order valence-corrected chi connectivity index (χ3v) is 9.16. The fourth-order valence-electron chi connectivity index (χ4n) is 3.30. The Morgan fingerprint density at radius 3 is 2.26 bits per heavy atom. The van der Waals surface area contributed by atoms with E-state index in [4.69, 9.17) is 4.98 Å². The second-order valence-electron chi connectivity index (χ2n) is 7.41. The number of sulfonamides is 1. The summed E-state index contributed by atoms with van der Waals surface area (Å²) in [6, 6.07) is 19.2. The highest BCUT2D eigenvalue weighted by Crippen LogP contribution is 2.31. The average Bonchev–Trinajstić information content (AvgIpc) is 3.46. The van der Waals surface area contributed by atoms with Crippen molar-refractivity contribution in [1.82, 2.24) is 9.71 Å². The lowest BCUT2D eigenvalue weighted by Crippen LogP contribution is -2.31. The molecule has 0 bridgehead atoms. The molecule has 0 unspecified atom stereocenters. The number of nitrogens with one attached hydrogen (secondary N) is 2. The van der Waals surface area contributed by atoms with E-state index in [1.807, 2.05) is 41.1 Å². The number of aromatic nitrogens is 1. The molecule has 7 nitrogen and oxygen atoms in total. The molecule has 0 radical (unpaired) electrons. The first-order valence-corrected chi connectivity index (χ1v) is 17.5. The molecule has 0 saturated carbocycles. The summed E-state index contributed by atoms with van der Waals surface area (Å²) >= 11 is 4.38. The molecule has 0 aliphatic heterocycles. The van der Waals surface area contributed by atoms with E-state index >= 15 is 0 Å². The summed E-state index contributed by atoms with van der Waals surface area (Å²) in [5, 5.41) is 4.69. The summed E-state index contributed by atoms with van der Waals surface area (Å²) < 4.78 is 54.2. The molecule has 2 aromatic carbocycles. The highest BCUT2D eigenvalue weighted by Gasteiger charge is 2.23. The van der Waals surface area contributed by atoms with Gasteiger partial charge in [-0.05, 0) is 41.1 Å². The van der Waals surface area contributed by atoms with Crippen molar-refractivity contribution < 1.29 is 16.8 Å². The molecular weight excluding hydrogens is 625 g/mol. The first-order chi connectivity index (χ1) is 16.2. The minimum Gasteiger partial charge on any atom is -0.276 e. The van der Waals surface area contributed by atoms with Crippen molar-refractivity contribution in [3.8, 4) is 9.88 Å². The first-order valence-electron chi connectivity index (χ1n) is 10.0. The monoisotopic (exact) mass is 645 g/mol. The Balaban J connectivity index is 1.59. The van der Waals surface area contributed by atoms with Crippen LogP contribution >= 0.6 is 43.9 Å². The molecule has 0 aliphatic carbocycles. The number of anilines is 1. The molecule has 4 aromatic rings. The lowest BCUT2D eigenvalue weighted by atomic mass is 10.0. The molecular formula is C22H20IN3O4S4. The highest BCUT2D eigenvalue weighted by atomic mass is 127. The van der Waals surface area contributed by atoms with Gasteiger partial charge in [0.2, 0.25) is 10.0 Å². The number of hydrogen-bond acceptors (Lipinski definition) is 7. The van der Waals surface area contributed by atoms with Crippen LogP contribution in [0, 0.1) is 0 Å². The van der Waals surface area contributed by atoms with E-state index in [0.717, 1.165) is 15.4 Å². The van der Waals surface area contributed by atoms with Gasteiger partial charge in [-0.2, -0.15) is 8.42 Å². The van der Waals surface area contributed by atoms with Crippen molar-refractivity contribution >= 4 is 66.8 Å². The van der Waals surface area contributed by atoms with Crippen LogP contribution < -0.4 is 9.44 Å². The summed E-state index contributed by atoms with van der Waals surface area (Å²) in [5.74, 6) is -0.136. The molecule has 0 saturated heterocycles. The Hall–Kier alpha value is -1.84. The van der Waals surface area contributed by atoms with Crippen LogP contribution in [0.25, 0.3) is 9.88 Å². The lowest BCUT2D eigenvalue weighted by molar-refractivity contribution is 0.550. The predicted molar refractivity (Wildman–Crippen MR) is 147 cm³/mol. The molecule has 0 amide bonds. The van der Waals surface area contributed by atoms with Crippen molar-refractivity contribution in [2.75, 3.05) is 4.72 Å². The first kappa shape index (κ1) is 25.3. The number of nitrogens with zero attached hydrogens (tertiary/aromatic N) is 1. The topological polar surface area (TPSA) is 105 Å². The third kappa shape index (κ3) is 7.33. The molecule has 0 fully saturated rings. The summed E-state index contributed by atoms with van der Waals surface area (Å²) in [6.07, 6.45) is 0.360. The number of thiazole rings is 1. The second kappa shape index (κ2) is 10.8. The minimum atomic E-state index is -3.65. The van der Waals surface area contributed by atoms with Crippen LogP contribution in [0.1, 0.15) is 22.9 Å². The van der Waals surface area contributed by atoms with Crippen LogP contribution in [-0.4, -0.2) is 21.8 Å². The van der Waals surface area contributed by atoms with Gasteiger partial charge in [-0.15, -0.1) is 22.7 Å². The van der Waals surface area contributed by atoms with Gasteiger partial charge in [-0.25, -0.2) is 18.1 Å². The Morgan fingerprint density at radius 1 is 0.882 bits per heavy atom. The molecule has 2 aromatic heterocycles. The third-order valence-electron chi connectivity index (χ3n) is 4.77. The number of thiophene rings is 1. The molecule has 2 heterocycles. The van der Waals surface area contributed by atoms with E-state index in [2.05, 4.69) is 9.44 Å². The Labute approximate surface area is 219 Å². The maximum atomic E-state index is 13.0. The van der Waals surface area contributed by atoms with Gasteiger partial charge in [0, 0.05) is 11.1 Å². The normalized spacial score (nSPS) is 13.0. The minimum absolute atomic E-state index is 0.136. The van der Waals surface area contributed by atoms with Crippen LogP contribution in [-0.2, 0) is 29.4 Å². The molecule has 2 N–H and O–H groups in total. The zero-order valence-corrected chi connectivity index (χ0v) is 23.0. The van der Waals surface area contributed by atoms with Gasteiger partial charge in [-0.3, -0.25) is 4.72 Å². The van der Waals surface area contributed by atoms with Crippen molar-refractivity contribution in [2.45, 2.75) is 18.2 Å². The lowest BCUT2D eigenvalue weighted by Gasteiger charge is -2.18. The fraction of sp³-hybridized carbons (Fsp3) is 0.136. The predicted octanol–water partition coefficient (Wildman–Crippen LogP) is 5.37. The SMILES string of the molecule is O=S(=O)(I)Nc1ccc(C[C@H](NS(=O)(=O)Cc2ccccc2)c2csc(-c3cccs3)n2)cc1. The largest absolute Gasteiger partial charge is 0.286 e. The number of rotatable bonds is 10. The molecule has 12 heteroatoms. The quantitative estimate of drug-likeness (QED) is 0.178. The highest BCUT2D eigenvalue weighted by molar-refractivity contribution is 14.2. The molecule has 34 heavy (non-hydrogen) atoms. The van der Waals surface area contributed by atoms with Crippen molar-refractivity contribution in [3.05, 3.63) is 94.3 Å². The zero-order valence-electron chi connectivity index (χ0n) is 17.6. The maximum absolute atomic E-state index is 13.0. The van der Waals surface area contributed by atoms with E-state index in [9.17, 15) is 16.8 Å². The molecule has 1 atom stereocenters. The summed E-state index contributed by atoms with van der Waals surface area (Å²) in [4.78, 5) is 5.74. The standard InChI is InChI=1S/C22H20IN3O4S4/c23-34(29,30)25-18-10-8-16(9-11-18)13-19(20-14-32-22(24-20)21-7-4-12-31-21)26-33(27,28)15-17-5-2-1-3-6-17/h1-12,14,19,25-26H,13,15H2/t19-/m0/s1. The van der Waals surface area contributed by atoms with Gasteiger partial charge in [0.25, 0.3) is 7.19 Å². The van der Waals surface area contributed by atoms with Crippen molar-refractivity contribution in [3.63, 3.8) is 0 Å². The van der Waals surface area contributed by atoms with Crippen LogP contribution in [0.4, 0.5) is 5.69 Å². The summed E-state index contributed by atoms with van der Waals surface area (Å²) in [7, 11) is -7.06. The van der Waals surface area contributed by atoms with Crippen LogP contribution in [0.3, 0.4) is 0 Å². The van der Waals surface area contributed by atoms with Gasteiger partial charge in [0.05, 0.1) is 43.6 Å². The van der Waals surface area contributed by atoms with E-state index in [1.165, 1.54) is 32.5 Å². The zero-order chi connectivity index (χ0) is 24.2. The van der Waals surface area contributed by atoms with Crippen molar-refractivity contribution in [1.29, 1.82) is 0 Å². The van der Waals surface area contributed by atoms with Crippen molar-refractivity contribution in [2.24, 2.45) is 0 Å². The van der Waals surface area contributed by atoms with Crippen LogP contribution in [0.15, 0.2) is 77.5 Å². The summed E-state index contributed by atoms with van der Waals surface area (Å²) in [5.41, 5.74) is 2.62. The average molecular weight is 646 g/mol. The van der Waals surface area contributed by atoms with Gasteiger partial charge in [0.1, 0.15) is 5.01 Å². The Bertz CT molecular complexity index is 1440. The summed E-state index contributed by atoms with van der Waals surface area (Å²) in [6.45, 7) is 0. The molecule has 178 valence electrons. The van der Waals surface area contributed by atoms with Gasteiger partial charge < -0.3 is 0 Å². The Kier molecular flexibility index (Phi) is 8.05. The molecule has 0 spiro atoms. The van der Waals surface area contributed by atoms with Gasteiger partial charge in [-0.1, -0.05) is 48.5 Å². The smallest absolute Gasteiger partial charge is 0.276 e. The number of hydrogen-bond donors (Lipinski definition) is 2. The van der Waals surface area contributed by atoms with Gasteiger partial charge >= 0.3 is 0 Å². The van der Waals surface area contributed by atoms with Crippen LogP contribution in [0.5, 0.6) is 0 Å². The van der Waals surface area contributed by atoms with E-state index in [-0.39, 0.29) is 5.75 Å². The maximum Gasteiger partial charge on any atom is 0.286 e. The van der Waals surface area contributed by atoms with Crippen LogP contribution in [0.2, 0.25) is 0 Å². The van der Waals surface area contributed by atoms with E-state index < -0.39 is 23.3 Å². The molecule has 0 aliphatic rings. The fourth-order valence-corrected chi connectivity index (χ4v) is 7.52. The Morgan fingerprint density at radius 2 is 1.62 bits per heavy atom.